The second kappa shape index (κ2) is 8.14. The number of alkyl halides is 3. The van der Waals surface area contributed by atoms with Crippen LogP contribution in [-0.2, 0) is 20.5 Å². The molecule has 3 unspecified atom stereocenters. The molecule has 0 aliphatic carbocycles. The highest BCUT2D eigenvalue weighted by atomic mass is 19.4. The Kier molecular flexibility index (Phi) is 5.97. The van der Waals surface area contributed by atoms with Gasteiger partial charge in [-0.2, -0.15) is 13.2 Å². The summed E-state index contributed by atoms with van der Waals surface area (Å²) in [7, 11) is 0. The molecule has 2 heterocycles. The molecule has 2 aliphatic rings. The van der Waals surface area contributed by atoms with Crippen LogP contribution in [0.1, 0.15) is 42.6 Å². The molecule has 1 aromatic carbocycles. The Labute approximate surface area is 166 Å². The number of hydrogen-bond donors (Lipinski definition) is 1. The van der Waals surface area contributed by atoms with Crippen molar-refractivity contribution in [2.24, 2.45) is 5.92 Å². The zero-order chi connectivity index (χ0) is 21.3. The third-order valence-corrected chi connectivity index (χ3v) is 5.18. The van der Waals surface area contributed by atoms with Crippen molar-refractivity contribution >= 4 is 17.6 Å². The maximum atomic E-state index is 13.1. The number of ether oxygens (including phenoxy) is 1. The quantitative estimate of drug-likeness (QED) is 0.806. The summed E-state index contributed by atoms with van der Waals surface area (Å²) in [6.45, 7) is 4.12. The lowest BCUT2D eigenvalue weighted by molar-refractivity contribution is -0.138. The van der Waals surface area contributed by atoms with Crippen molar-refractivity contribution in [3.8, 4) is 0 Å². The van der Waals surface area contributed by atoms with Gasteiger partial charge < -0.3 is 15.0 Å². The maximum absolute atomic E-state index is 13.1. The minimum Gasteiger partial charge on any atom is -0.368 e. The molecule has 2 aliphatic heterocycles. The lowest BCUT2D eigenvalue weighted by atomic mass is 10.0. The predicted octanol–water partition coefficient (Wildman–Crippen LogP) is 2.42. The Balaban J connectivity index is 1.74. The van der Waals surface area contributed by atoms with E-state index >= 15 is 0 Å². The number of carbonyl (C=O) groups is 3. The van der Waals surface area contributed by atoms with Gasteiger partial charge in [-0.1, -0.05) is 13.8 Å². The van der Waals surface area contributed by atoms with Gasteiger partial charge in [0.2, 0.25) is 5.91 Å². The van der Waals surface area contributed by atoms with Gasteiger partial charge in [-0.05, 0) is 43.0 Å². The van der Waals surface area contributed by atoms with Crippen molar-refractivity contribution in [3.05, 3.63) is 35.4 Å². The number of rotatable bonds is 5. The minimum absolute atomic E-state index is 0.0220. The van der Waals surface area contributed by atoms with E-state index in [-0.39, 0.29) is 35.9 Å². The summed E-state index contributed by atoms with van der Waals surface area (Å²) in [6.07, 6.45) is -3.90. The molecule has 0 saturated carbocycles. The van der Waals surface area contributed by atoms with Gasteiger partial charge in [0.1, 0.15) is 18.7 Å². The lowest BCUT2D eigenvalue weighted by Gasteiger charge is -2.28. The average molecular weight is 412 g/mol. The Morgan fingerprint density at radius 1 is 1.24 bits per heavy atom. The Hall–Kier alpha value is -2.42. The van der Waals surface area contributed by atoms with Crippen LogP contribution in [0.4, 0.5) is 13.2 Å². The number of carbonyl (C=O) groups excluding carboxylic acids is 3. The number of Topliss-reactive ketones (excluding diaryl/α,β-unsaturated/α-hetero) is 1. The van der Waals surface area contributed by atoms with Gasteiger partial charge in [0.25, 0.3) is 5.91 Å². The van der Waals surface area contributed by atoms with Crippen LogP contribution in [0, 0.1) is 5.92 Å². The van der Waals surface area contributed by atoms with E-state index in [9.17, 15) is 27.6 Å². The first kappa shape index (κ1) is 21.3. The number of amides is 2. The molecule has 0 aromatic heterocycles. The Morgan fingerprint density at radius 2 is 1.90 bits per heavy atom. The molecule has 0 spiro atoms. The van der Waals surface area contributed by atoms with E-state index in [1.807, 2.05) is 13.8 Å². The predicted molar refractivity (Wildman–Crippen MR) is 97.0 cm³/mol. The van der Waals surface area contributed by atoms with Crippen molar-refractivity contribution in [2.45, 2.75) is 51.1 Å². The van der Waals surface area contributed by atoms with Gasteiger partial charge in [-0.15, -0.1) is 0 Å². The second-order valence-electron chi connectivity index (χ2n) is 7.81. The van der Waals surface area contributed by atoms with Crippen molar-refractivity contribution < 1.29 is 32.3 Å². The van der Waals surface area contributed by atoms with E-state index in [0.29, 0.717) is 19.4 Å². The first-order valence-electron chi connectivity index (χ1n) is 9.51. The zero-order valence-corrected chi connectivity index (χ0v) is 16.2. The summed E-state index contributed by atoms with van der Waals surface area (Å²) in [6, 6.07) is 2.31. The van der Waals surface area contributed by atoms with Crippen molar-refractivity contribution in [3.63, 3.8) is 0 Å². The van der Waals surface area contributed by atoms with Crippen LogP contribution in [-0.4, -0.2) is 53.8 Å². The fraction of sp³-hybridized carbons (Fsp3) is 0.550. The Morgan fingerprint density at radius 3 is 2.48 bits per heavy atom. The van der Waals surface area contributed by atoms with E-state index in [1.54, 1.807) is 0 Å². The summed E-state index contributed by atoms with van der Waals surface area (Å²) >= 11 is 0. The first-order valence-corrected chi connectivity index (χ1v) is 9.51. The van der Waals surface area contributed by atoms with E-state index < -0.39 is 29.7 Å². The molecule has 0 bridgehead atoms. The van der Waals surface area contributed by atoms with Crippen molar-refractivity contribution in [2.75, 3.05) is 13.2 Å². The van der Waals surface area contributed by atoms with Crippen molar-refractivity contribution in [1.82, 2.24) is 10.2 Å². The number of halogens is 3. The largest absolute Gasteiger partial charge is 0.416 e. The molecular formula is C20H23F3N2O4. The summed E-state index contributed by atoms with van der Waals surface area (Å²) in [5.74, 6) is -1.09. The molecule has 0 radical (unpaired) electrons. The van der Waals surface area contributed by atoms with Crippen LogP contribution in [0.15, 0.2) is 24.3 Å². The monoisotopic (exact) mass is 412 g/mol. The minimum atomic E-state index is -4.49. The molecule has 1 N–H and O–H groups in total. The van der Waals surface area contributed by atoms with E-state index in [4.69, 9.17) is 4.74 Å². The fourth-order valence-corrected chi connectivity index (χ4v) is 3.79. The van der Waals surface area contributed by atoms with Gasteiger partial charge in [0.15, 0.2) is 5.78 Å². The van der Waals surface area contributed by atoms with Gasteiger partial charge in [-0.25, -0.2) is 0 Å². The molecule has 2 saturated heterocycles. The number of nitrogens with zero attached hydrogens (tertiary/aromatic N) is 1. The molecule has 1 aromatic rings. The molecule has 29 heavy (non-hydrogen) atoms. The van der Waals surface area contributed by atoms with Crippen LogP contribution in [0.3, 0.4) is 0 Å². The normalized spacial score (nSPS) is 22.7. The van der Waals surface area contributed by atoms with Gasteiger partial charge in [-0.3, -0.25) is 14.4 Å². The van der Waals surface area contributed by atoms with Gasteiger partial charge in [0.05, 0.1) is 11.7 Å². The zero-order valence-electron chi connectivity index (χ0n) is 16.2. The topological polar surface area (TPSA) is 75.7 Å². The molecule has 3 rings (SSSR count). The second-order valence-corrected chi connectivity index (χ2v) is 7.81. The van der Waals surface area contributed by atoms with Crippen LogP contribution in [0.25, 0.3) is 0 Å². The number of nitrogens with one attached hydrogen (secondary N) is 1. The highest BCUT2D eigenvalue weighted by Gasteiger charge is 2.48. The van der Waals surface area contributed by atoms with Crippen LogP contribution < -0.4 is 5.32 Å². The van der Waals surface area contributed by atoms with Gasteiger partial charge in [0, 0.05) is 12.1 Å². The Bertz CT molecular complexity index is 792. The molecule has 2 amide bonds. The maximum Gasteiger partial charge on any atom is 0.416 e. The lowest BCUT2D eigenvalue weighted by Crippen LogP contribution is -2.52. The van der Waals surface area contributed by atoms with Crippen LogP contribution in [0.5, 0.6) is 0 Å². The van der Waals surface area contributed by atoms with Crippen LogP contribution in [0.2, 0.25) is 0 Å². The molecular weight excluding hydrogens is 389 g/mol. The summed E-state index contributed by atoms with van der Waals surface area (Å²) in [4.78, 5) is 39.2. The fourth-order valence-electron chi connectivity index (χ4n) is 3.79. The highest BCUT2D eigenvalue weighted by Crippen LogP contribution is 2.30. The number of ketones is 1. The number of fused-ring (bicyclic) bond motifs is 1. The standard InChI is InChI=1S/C20H23F3N2O4/c1-11(2)9-14(19(28)25-8-7-16-17(25)15(26)10-29-16)24-18(27)12-3-5-13(6-4-12)20(21,22)23/h3-6,11,14,16-17H,7-10H2,1-2H3,(H,24,27). The third-order valence-electron chi connectivity index (χ3n) is 5.18. The highest BCUT2D eigenvalue weighted by molar-refractivity contribution is 5.99. The molecule has 9 heteroatoms. The summed E-state index contributed by atoms with van der Waals surface area (Å²) in [5, 5.41) is 2.63. The van der Waals surface area contributed by atoms with Gasteiger partial charge >= 0.3 is 6.18 Å². The summed E-state index contributed by atoms with van der Waals surface area (Å²) < 4.78 is 43.5. The van der Waals surface area contributed by atoms with Crippen LogP contribution >= 0.6 is 0 Å². The molecule has 2 fully saturated rings. The smallest absolute Gasteiger partial charge is 0.368 e. The number of hydrogen-bond acceptors (Lipinski definition) is 4. The molecule has 3 atom stereocenters. The summed E-state index contributed by atoms with van der Waals surface area (Å²) in [5.41, 5.74) is -0.828. The number of benzene rings is 1. The van der Waals surface area contributed by atoms with E-state index in [2.05, 4.69) is 5.32 Å². The SMILES string of the molecule is CC(C)CC(NC(=O)c1ccc(C(F)(F)F)cc1)C(=O)N1CCC2OCC(=O)C21. The van der Waals surface area contributed by atoms with E-state index in [1.165, 1.54) is 4.90 Å². The molecule has 6 nitrogen and oxygen atoms in total. The number of likely N-dealkylation sites (tertiary alicyclic amines) is 1. The third kappa shape index (κ3) is 4.60. The van der Waals surface area contributed by atoms with Crippen molar-refractivity contribution in [1.29, 1.82) is 0 Å². The van der Waals surface area contributed by atoms with E-state index in [0.717, 1.165) is 24.3 Å². The average Bonchev–Trinajstić information content (AvgIpc) is 3.23. The first-order chi connectivity index (χ1) is 13.6. The molecule has 158 valence electrons.